The zero-order chi connectivity index (χ0) is 9.73. The van der Waals surface area contributed by atoms with Crippen molar-refractivity contribution in [2.75, 3.05) is 19.6 Å². The van der Waals surface area contributed by atoms with Crippen LogP contribution in [0, 0.1) is 23.7 Å². The summed E-state index contributed by atoms with van der Waals surface area (Å²) >= 11 is 0. The Morgan fingerprint density at radius 3 is 2.54 bits per heavy atom. The van der Waals surface area contributed by atoms with Crippen molar-refractivity contribution < 1.29 is 4.39 Å². The van der Waals surface area contributed by atoms with E-state index in [9.17, 15) is 4.39 Å². The number of terminal acetylenes is 1. The molecule has 0 amide bonds. The van der Waals surface area contributed by atoms with Crippen LogP contribution in [-0.2, 0) is 0 Å². The first kappa shape index (κ1) is 10.0. The Labute approximate surface area is 78.3 Å². The van der Waals surface area contributed by atoms with Crippen LogP contribution < -0.4 is 0 Å². The number of nitriles is 1. The molecule has 3 heteroatoms. The summed E-state index contributed by atoms with van der Waals surface area (Å²) in [4.78, 5) is 2.11. The summed E-state index contributed by atoms with van der Waals surface area (Å²) in [6, 6.07) is 1.72. The van der Waals surface area contributed by atoms with Gasteiger partial charge in [-0.1, -0.05) is 0 Å². The van der Waals surface area contributed by atoms with Gasteiger partial charge in [0.05, 0.1) is 0 Å². The standard InChI is InChI=1S/C10H13FN2/c1-2-3-6-13-7-4-10(11,9-12)5-8-13/h1H,3-8H2. The third kappa shape index (κ3) is 2.72. The summed E-state index contributed by atoms with van der Waals surface area (Å²) in [7, 11) is 0. The van der Waals surface area contributed by atoms with E-state index in [4.69, 9.17) is 11.7 Å². The van der Waals surface area contributed by atoms with Crippen molar-refractivity contribution in [2.45, 2.75) is 24.9 Å². The highest BCUT2D eigenvalue weighted by Gasteiger charge is 2.33. The van der Waals surface area contributed by atoms with E-state index >= 15 is 0 Å². The lowest BCUT2D eigenvalue weighted by Gasteiger charge is -2.31. The molecule has 0 saturated carbocycles. The molecular formula is C10H13FN2. The van der Waals surface area contributed by atoms with Crippen molar-refractivity contribution in [1.82, 2.24) is 4.90 Å². The van der Waals surface area contributed by atoms with Crippen LogP contribution in [-0.4, -0.2) is 30.2 Å². The fourth-order valence-corrected chi connectivity index (χ4v) is 1.47. The molecular weight excluding hydrogens is 167 g/mol. The molecule has 0 N–H and O–H groups in total. The molecule has 1 rings (SSSR count). The van der Waals surface area contributed by atoms with Crippen LogP contribution in [0.3, 0.4) is 0 Å². The summed E-state index contributed by atoms with van der Waals surface area (Å²) in [6.45, 7) is 2.11. The number of piperidine rings is 1. The monoisotopic (exact) mass is 180 g/mol. The second-order valence-electron chi connectivity index (χ2n) is 3.37. The quantitative estimate of drug-likeness (QED) is 0.599. The van der Waals surface area contributed by atoms with Crippen LogP contribution in [0.2, 0.25) is 0 Å². The second-order valence-corrected chi connectivity index (χ2v) is 3.37. The predicted molar refractivity (Wildman–Crippen MR) is 48.6 cm³/mol. The molecule has 0 aromatic rings. The lowest BCUT2D eigenvalue weighted by atomic mass is 9.95. The van der Waals surface area contributed by atoms with Gasteiger partial charge in [-0.2, -0.15) is 5.26 Å². The van der Waals surface area contributed by atoms with Crippen LogP contribution in [0.4, 0.5) is 4.39 Å². The molecule has 2 nitrogen and oxygen atoms in total. The number of alkyl halides is 1. The van der Waals surface area contributed by atoms with Crippen LogP contribution in [0.1, 0.15) is 19.3 Å². The minimum Gasteiger partial charge on any atom is -0.302 e. The minimum atomic E-state index is -1.59. The molecule has 0 unspecified atom stereocenters. The first-order valence-electron chi connectivity index (χ1n) is 4.46. The lowest BCUT2D eigenvalue weighted by Crippen LogP contribution is -2.41. The van der Waals surface area contributed by atoms with E-state index in [0.717, 1.165) is 6.54 Å². The Bertz CT molecular complexity index is 241. The van der Waals surface area contributed by atoms with E-state index in [1.165, 1.54) is 0 Å². The molecule has 0 atom stereocenters. The van der Waals surface area contributed by atoms with Crippen LogP contribution in [0.25, 0.3) is 0 Å². The highest BCUT2D eigenvalue weighted by Crippen LogP contribution is 2.25. The molecule has 0 bridgehead atoms. The molecule has 0 aromatic heterocycles. The maximum absolute atomic E-state index is 13.4. The van der Waals surface area contributed by atoms with Crippen molar-refractivity contribution in [1.29, 1.82) is 5.26 Å². The first-order valence-corrected chi connectivity index (χ1v) is 4.46. The van der Waals surface area contributed by atoms with Crippen molar-refractivity contribution in [2.24, 2.45) is 0 Å². The van der Waals surface area contributed by atoms with Gasteiger partial charge in [-0.15, -0.1) is 12.3 Å². The minimum absolute atomic E-state index is 0.314. The van der Waals surface area contributed by atoms with Gasteiger partial charge in [-0.05, 0) is 0 Å². The first-order chi connectivity index (χ1) is 6.20. The Morgan fingerprint density at radius 2 is 2.08 bits per heavy atom. The average Bonchev–Trinajstić information content (AvgIpc) is 2.17. The topological polar surface area (TPSA) is 27.0 Å². The zero-order valence-corrected chi connectivity index (χ0v) is 7.59. The molecule has 1 heterocycles. The van der Waals surface area contributed by atoms with Crippen LogP contribution in [0.5, 0.6) is 0 Å². The Morgan fingerprint density at radius 1 is 1.46 bits per heavy atom. The number of likely N-dealkylation sites (tertiary alicyclic amines) is 1. The second kappa shape index (κ2) is 4.25. The van der Waals surface area contributed by atoms with Crippen molar-refractivity contribution >= 4 is 0 Å². The van der Waals surface area contributed by atoms with E-state index in [1.807, 2.05) is 0 Å². The van der Waals surface area contributed by atoms with Gasteiger partial charge in [0.2, 0.25) is 0 Å². The summed E-state index contributed by atoms with van der Waals surface area (Å²) in [5, 5.41) is 8.54. The van der Waals surface area contributed by atoms with E-state index in [0.29, 0.717) is 32.4 Å². The van der Waals surface area contributed by atoms with Gasteiger partial charge in [0.25, 0.3) is 0 Å². The average molecular weight is 180 g/mol. The van der Waals surface area contributed by atoms with E-state index in [1.54, 1.807) is 6.07 Å². The SMILES string of the molecule is C#CCCN1CCC(F)(C#N)CC1. The van der Waals surface area contributed by atoms with Gasteiger partial charge in [0.1, 0.15) is 6.07 Å². The van der Waals surface area contributed by atoms with Gasteiger partial charge >= 0.3 is 0 Å². The van der Waals surface area contributed by atoms with Gasteiger partial charge in [0, 0.05) is 38.9 Å². The molecule has 13 heavy (non-hydrogen) atoms. The number of halogens is 1. The fourth-order valence-electron chi connectivity index (χ4n) is 1.47. The highest BCUT2D eigenvalue weighted by atomic mass is 19.1. The Kier molecular flexibility index (Phi) is 3.28. The third-order valence-electron chi connectivity index (χ3n) is 2.42. The van der Waals surface area contributed by atoms with Crippen molar-refractivity contribution in [3.8, 4) is 18.4 Å². The fraction of sp³-hybridized carbons (Fsp3) is 0.700. The zero-order valence-electron chi connectivity index (χ0n) is 7.59. The largest absolute Gasteiger partial charge is 0.302 e. The number of hydrogen-bond donors (Lipinski definition) is 0. The number of hydrogen-bond acceptors (Lipinski definition) is 2. The predicted octanol–water partition coefficient (Wildman–Crippen LogP) is 1.34. The number of nitrogens with zero attached hydrogens (tertiary/aromatic N) is 2. The summed E-state index contributed by atoms with van der Waals surface area (Å²) in [6.07, 6.45) is 6.45. The van der Waals surface area contributed by atoms with E-state index in [2.05, 4.69) is 10.8 Å². The Hall–Kier alpha value is -1.06. The number of rotatable bonds is 2. The highest BCUT2D eigenvalue weighted by molar-refractivity contribution is 5.03. The normalized spacial score (nSPS) is 21.8. The smallest absolute Gasteiger partial charge is 0.198 e. The molecule has 1 aliphatic rings. The molecule has 0 aromatic carbocycles. The third-order valence-corrected chi connectivity index (χ3v) is 2.42. The molecule has 0 spiro atoms. The molecule has 1 fully saturated rings. The maximum atomic E-state index is 13.4. The van der Waals surface area contributed by atoms with Gasteiger partial charge in [-0.3, -0.25) is 0 Å². The summed E-state index contributed by atoms with van der Waals surface area (Å²) < 4.78 is 13.4. The van der Waals surface area contributed by atoms with Gasteiger partial charge in [0.15, 0.2) is 5.67 Å². The molecule has 0 aliphatic carbocycles. The molecule has 70 valence electrons. The van der Waals surface area contributed by atoms with Crippen molar-refractivity contribution in [3.05, 3.63) is 0 Å². The maximum Gasteiger partial charge on any atom is 0.198 e. The van der Waals surface area contributed by atoms with Crippen LogP contribution in [0.15, 0.2) is 0 Å². The van der Waals surface area contributed by atoms with Gasteiger partial charge in [-0.25, -0.2) is 4.39 Å². The summed E-state index contributed by atoms with van der Waals surface area (Å²) in [5.74, 6) is 2.55. The Balaban J connectivity index is 2.32. The lowest BCUT2D eigenvalue weighted by molar-refractivity contribution is 0.104. The summed E-state index contributed by atoms with van der Waals surface area (Å²) in [5.41, 5.74) is -1.59. The van der Waals surface area contributed by atoms with Crippen molar-refractivity contribution in [3.63, 3.8) is 0 Å². The van der Waals surface area contributed by atoms with Gasteiger partial charge < -0.3 is 4.90 Å². The molecule has 1 aliphatic heterocycles. The molecule has 0 radical (unpaired) electrons. The van der Waals surface area contributed by atoms with Crippen LogP contribution >= 0.6 is 0 Å². The molecule has 1 saturated heterocycles. The van der Waals surface area contributed by atoms with E-state index < -0.39 is 5.67 Å². The van der Waals surface area contributed by atoms with E-state index in [-0.39, 0.29) is 0 Å².